The number of aromatic nitrogens is 5. The van der Waals surface area contributed by atoms with Crippen LogP contribution in [0, 0.1) is 0 Å². The Kier molecular flexibility index (Phi) is 8.15. The van der Waals surface area contributed by atoms with Crippen LogP contribution in [0.4, 0.5) is 0 Å². The van der Waals surface area contributed by atoms with Gasteiger partial charge >= 0.3 is 0 Å². The summed E-state index contributed by atoms with van der Waals surface area (Å²) in [5.74, 6) is 0.620. The summed E-state index contributed by atoms with van der Waals surface area (Å²) >= 11 is 0. The molecule has 4 aromatic heterocycles. The molecule has 0 aliphatic heterocycles. The molecule has 0 radical (unpaired) electrons. The SMILES string of the molecule is C=Cc1c(/C=C\C)n(-c2ccc3c4ccccc4n(-c4nc(-c5ccccc5)cc(-c5ccccc5)n4)c3c2)c2ccc3c(c4ccccc4n3-c3cccc4ccccc34)c12. The van der Waals surface area contributed by atoms with Crippen molar-refractivity contribution >= 4 is 77.4 Å². The minimum absolute atomic E-state index is 0.620. The maximum absolute atomic E-state index is 5.32. The number of hydrogen-bond donors (Lipinski definition) is 0. The summed E-state index contributed by atoms with van der Waals surface area (Å²) < 4.78 is 7.07. The fourth-order valence-electron chi connectivity index (χ4n) is 9.72. The molecule has 5 nitrogen and oxygen atoms in total. The normalized spacial score (nSPS) is 12.0. The van der Waals surface area contributed by atoms with Crippen molar-refractivity contribution in [1.82, 2.24) is 23.7 Å². The summed E-state index contributed by atoms with van der Waals surface area (Å²) in [5.41, 5.74) is 13.7. The van der Waals surface area contributed by atoms with Gasteiger partial charge in [-0.1, -0.05) is 158 Å². The van der Waals surface area contributed by atoms with Gasteiger partial charge in [0.1, 0.15) is 0 Å². The monoisotopic (exact) mass is 793 g/mol. The average molecular weight is 794 g/mol. The molecule has 292 valence electrons. The number of hydrogen-bond acceptors (Lipinski definition) is 2. The fourth-order valence-corrected chi connectivity index (χ4v) is 9.72. The first kappa shape index (κ1) is 35.6. The number of para-hydroxylation sites is 2. The van der Waals surface area contributed by atoms with E-state index in [1.54, 1.807) is 0 Å². The highest BCUT2D eigenvalue weighted by atomic mass is 15.2. The van der Waals surface area contributed by atoms with Gasteiger partial charge in [0.05, 0.1) is 50.4 Å². The van der Waals surface area contributed by atoms with E-state index in [9.17, 15) is 0 Å². The van der Waals surface area contributed by atoms with Gasteiger partial charge in [0.25, 0.3) is 0 Å². The van der Waals surface area contributed by atoms with Gasteiger partial charge in [-0.25, -0.2) is 9.97 Å². The van der Waals surface area contributed by atoms with Gasteiger partial charge in [0, 0.05) is 54.7 Å². The van der Waals surface area contributed by atoms with Gasteiger partial charge in [-0.3, -0.25) is 4.57 Å². The largest absolute Gasteiger partial charge is 0.309 e. The molecule has 0 saturated carbocycles. The molecule has 62 heavy (non-hydrogen) atoms. The molecule has 0 N–H and O–H groups in total. The van der Waals surface area contributed by atoms with Crippen molar-refractivity contribution in [2.24, 2.45) is 0 Å². The van der Waals surface area contributed by atoms with E-state index in [0.29, 0.717) is 5.95 Å². The second kappa shape index (κ2) is 14.2. The Morgan fingerprint density at radius 3 is 1.73 bits per heavy atom. The van der Waals surface area contributed by atoms with Crippen LogP contribution in [0.3, 0.4) is 0 Å². The van der Waals surface area contributed by atoms with Crippen LogP contribution in [0.1, 0.15) is 18.2 Å². The van der Waals surface area contributed by atoms with E-state index in [0.717, 1.165) is 78.0 Å². The van der Waals surface area contributed by atoms with Crippen molar-refractivity contribution in [3.63, 3.8) is 0 Å². The zero-order valence-electron chi connectivity index (χ0n) is 34.1. The lowest BCUT2D eigenvalue weighted by Gasteiger charge is -2.13. The minimum atomic E-state index is 0.620. The quantitative estimate of drug-likeness (QED) is 0.161. The van der Waals surface area contributed by atoms with Crippen molar-refractivity contribution in [3.05, 3.63) is 212 Å². The Hall–Kier alpha value is -8.28. The first-order valence-electron chi connectivity index (χ1n) is 21.1. The molecule has 0 fully saturated rings. The first-order chi connectivity index (χ1) is 30.7. The Morgan fingerprint density at radius 2 is 1.03 bits per heavy atom. The van der Waals surface area contributed by atoms with Crippen molar-refractivity contribution in [1.29, 1.82) is 0 Å². The van der Waals surface area contributed by atoms with E-state index in [-0.39, 0.29) is 0 Å². The summed E-state index contributed by atoms with van der Waals surface area (Å²) in [7, 11) is 0. The molecular weight excluding hydrogens is 755 g/mol. The van der Waals surface area contributed by atoms with Crippen molar-refractivity contribution in [2.45, 2.75) is 6.92 Å². The molecule has 0 aliphatic rings. The van der Waals surface area contributed by atoms with Gasteiger partial charge in [-0.05, 0) is 66.9 Å². The van der Waals surface area contributed by atoms with E-state index >= 15 is 0 Å². The minimum Gasteiger partial charge on any atom is -0.309 e. The lowest BCUT2D eigenvalue weighted by atomic mass is 10.0. The molecule has 12 rings (SSSR count). The molecule has 8 aromatic carbocycles. The van der Waals surface area contributed by atoms with Crippen LogP contribution in [0.15, 0.2) is 201 Å². The number of benzene rings is 8. The molecule has 4 heterocycles. The molecular formula is C57H39N5. The zero-order chi connectivity index (χ0) is 41.3. The first-order valence-corrected chi connectivity index (χ1v) is 21.1. The topological polar surface area (TPSA) is 40.6 Å². The van der Waals surface area contributed by atoms with Crippen molar-refractivity contribution in [2.75, 3.05) is 0 Å². The number of allylic oxidation sites excluding steroid dienone is 1. The maximum Gasteiger partial charge on any atom is 0.235 e. The maximum atomic E-state index is 5.32. The molecule has 5 heteroatoms. The van der Waals surface area contributed by atoms with Gasteiger partial charge in [0.15, 0.2) is 0 Å². The highest BCUT2D eigenvalue weighted by Gasteiger charge is 2.24. The zero-order valence-corrected chi connectivity index (χ0v) is 34.1. The van der Waals surface area contributed by atoms with Crippen LogP contribution in [0.2, 0.25) is 0 Å². The average Bonchev–Trinajstić information content (AvgIpc) is 3.96. The lowest BCUT2D eigenvalue weighted by molar-refractivity contribution is 0.993. The Bertz CT molecular complexity index is 3710. The smallest absolute Gasteiger partial charge is 0.235 e. The molecule has 0 bridgehead atoms. The van der Waals surface area contributed by atoms with E-state index < -0.39 is 0 Å². The third-order valence-corrected chi connectivity index (χ3v) is 12.3. The summed E-state index contributed by atoms with van der Waals surface area (Å²) in [5, 5.41) is 8.29. The number of rotatable bonds is 7. The lowest BCUT2D eigenvalue weighted by Crippen LogP contribution is -2.04. The van der Waals surface area contributed by atoms with Crippen LogP contribution >= 0.6 is 0 Å². The predicted octanol–water partition coefficient (Wildman–Crippen LogP) is 14.8. The summed E-state index contributed by atoms with van der Waals surface area (Å²) in [6.07, 6.45) is 6.37. The van der Waals surface area contributed by atoms with Gasteiger partial charge in [-0.2, -0.15) is 0 Å². The molecule has 0 aliphatic carbocycles. The Balaban J connectivity index is 1.15. The highest BCUT2D eigenvalue weighted by molar-refractivity contribution is 6.24. The summed E-state index contributed by atoms with van der Waals surface area (Å²) in [6, 6.07) is 66.8. The second-order valence-corrected chi connectivity index (χ2v) is 15.8. The molecule has 0 spiro atoms. The molecule has 0 unspecified atom stereocenters. The Labute approximate surface area is 358 Å². The van der Waals surface area contributed by atoms with Crippen LogP contribution < -0.4 is 0 Å². The van der Waals surface area contributed by atoms with E-state index in [4.69, 9.17) is 9.97 Å². The number of fused-ring (bicyclic) bond motifs is 9. The van der Waals surface area contributed by atoms with Crippen LogP contribution in [0.25, 0.3) is 117 Å². The van der Waals surface area contributed by atoms with Crippen molar-refractivity contribution < 1.29 is 0 Å². The summed E-state index contributed by atoms with van der Waals surface area (Å²) in [4.78, 5) is 10.6. The van der Waals surface area contributed by atoms with E-state index in [1.807, 2.05) is 18.2 Å². The predicted molar refractivity (Wildman–Crippen MR) is 261 cm³/mol. The second-order valence-electron chi connectivity index (χ2n) is 15.8. The van der Waals surface area contributed by atoms with E-state index in [1.165, 1.54) is 32.4 Å². The fraction of sp³-hybridized carbons (Fsp3) is 0.0175. The highest BCUT2D eigenvalue weighted by Crippen LogP contribution is 2.44. The third kappa shape index (κ3) is 5.35. The molecule has 0 saturated heterocycles. The van der Waals surface area contributed by atoms with Crippen LogP contribution in [-0.2, 0) is 0 Å². The molecule has 0 atom stereocenters. The standard InChI is InChI=1S/C57H39N5/c1-3-18-48-41(4-2)55-52(33-34-53-56(55)45-27-14-16-29-51(45)61(53)49-30-17-24-37-19-11-12-25-42(37)49)60(48)40-31-32-44-43-26-13-15-28-50(43)62(54(44)35-40)57-58-46(38-20-7-5-8-21-38)36-47(59-57)39-22-9-6-10-23-39/h3-36H,2H2,1H3/b18-3-. The molecule has 12 aromatic rings. The molecule has 0 amide bonds. The summed E-state index contributed by atoms with van der Waals surface area (Å²) in [6.45, 7) is 6.53. The Morgan fingerprint density at radius 1 is 0.452 bits per heavy atom. The van der Waals surface area contributed by atoms with Gasteiger partial charge in [-0.15, -0.1) is 0 Å². The van der Waals surface area contributed by atoms with E-state index in [2.05, 4.69) is 215 Å². The van der Waals surface area contributed by atoms with Crippen LogP contribution in [-0.4, -0.2) is 23.7 Å². The van der Waals surface area contributed by atoms with Gasteiger partial charge < -0.3 is 9.13 Å². The van der Waals surface area contributed by atoms with Crippen LogP contribution in [0.5, 0.6) is 0 Å². The number of nitrogens with zero attached hydrogens (tertiary/aromatic N) is 5. The van der Waals surface area contributed by atoms with Gasteiger partial charge in [0.2, 0.25) is 5.95 Å². The van der Waals surface area contributed by atoms with Crippen molar-refractivity contribution in [3.8, 4) is 39.8 Å². The third-order valence-electron chi connectivity index (χ3n) is 12.3.